The van der Waals surface area contributed by atoms with E-state index < -0.39 is 36.5 Å². The fourth-order valence-electron chi connectivity index (χ4n) is 2.13. The van der Waals surface area contributed by atoms with Crippen LogP contribution in [0.25, 0.3) is 0 Å². The maximum Gasteiger partial charge on any atom is 0.328 e. The molecule has 0 aliphatic heterocycles. The molecule has 0 heterocycles. The molecule has 24 heavy (non-hydrogen) atoms. The van der Waals surface area contributed by atoms with E-state index in [1.807, 2.05) is 13.8 Å². The number of carbonyl (C=O) groups is 3. The average molecular weight is 336 g/mol. The van der Waals surface area contributed by atoms with Gasteiger partial charge in [-0.15, -0.1) is 0 Å². The number of nitrogens with one attached hydrogen (secondary N) is 2. The van der Waals surface area contributed by atoms with Gasteiger partial charge in [-0.3, -0.25) is 9.59 Å². The summed E-state index contributed by atoms with van der Waals surface area (Å²) in [5, 5.41) is 14.4. The van der Waals surface area contributed by atoms with E-state index in [1.165, 1.54) is 7.11 Å². The van der Waals surface area contributed by atoms with Gasteiger partial charge < -0.3 is 20.5 Å². The molecule has 2 amide bonds. The Labute approximate surface area is 141 Å². The lowest BCUT2D eigenvalue weighted by atomic mass is 10.0. The van der Waals surface area contributed by atoms with Crippen LogP contribution in [0.3, 0.4) is 0 Å². The van der Waals surface area contributed by atoms with Gasteiger partial charge in [0.05, 0.1) is 13.7 Å². The molecular formula is C17H24N2O5. The molecule has 0 saturated heterocycles. The largest absolute Gasteiger partial charge is 0.467 e. The Kier molecular flexibility index (Phi) is 7.91. The van der Waals surface area contributed by atoms with Crippen LogP contribution in [-0.2, 0) is 14.3 Å². The molecule has 0 aliphatic carbocycles. The highest BCUT2D eigenvalue weighted by atomic mass is 16.5. The van der Waals surface area contributed by atoms with Crippen LogP contribution >= 0.6 is 0 Å². The second-order valence-electron chi connectivity index (χ2n) is 5.79. The van der Waals surface area contributed by atoms with Crippen molar-refractivity contribution in [1.29, 1.82) is 0 Å². The summed E-state index contributed by atoms with van der Waals surface area (Å²) in [4.78, 5) is 36.1. The van der Waals surface area contributed by atoms with Crippen molar-refractivity contribution in [1.82, 2.24) is 10.6 Å². The number of hydrogen-bond donors (Lipinski definition) is 3. The summed E-state index contributed by atoms with van der Waals surface area (Å²) in [7, 11) is 1.24. The quantitative estimate of drug-likeness (QED) is 0.599. The zero-order valence-electron chi connectivity index (χ0n) is 14.1. The monoisotopic (exact) mass is 336 g/mol. The van der Waals surface area contributed by atoms with Gasteiger partial charge in [0, 0.05) is 5.56 Å². The first kappa shape index (κ1) is 19.6. The molecule has 0 spiro atoms. The smallest absolute Gasteiger partial charge is 0.328 e. The Balaban J connectivity index is 2.74. The van der Waals surface area contributed by atoms with Crippen molar-refractivity contribution in [2.45, 2.75) is 32.4 Å². The third kappa shape index (κ3) is 6.00. The van der Waals surface area contributed by atoms with Crippen LogP contribution in [0.15, 0.2) is 30.3 Å². The van der Waals surface area contributed by atoms with Crippen molar-refractivity contribution in [2.75, 3.05) is 13.7 Å². The number of esters is 1. The fourth-order valence-corrected chi connectivity index (χ4v) is 2.13. The molecule has 0 aliphatic rings. The van der Waals surface area contributed by atoms with E-state index in [9.17, 15) is 19.5 Å². The van der Waals surface area contributed by atoms with Crippen LogP contribution in [0.5, 0.6) is 0 Å². The topological polar surface area (TPSA) is 105 Å². The van der Waals surface area contributed by atoms with E-state index in [0.29, 0.717) is 12.0 Å². The SMILES string of the molecule is COC(=O)[C@H](CC(C)C)NC(=O)[C@H](CO)NC(=O)c1ccccc1. The number of ether oxygens (including phenoxy) is 1. The summed E-state index contributed by atoms with van der Waals surface area (Å²) >= 11 is 0. The highest BCUT2D eigenvalue weighted by Crippen LogP contribution is 2.07. The molecule has 132 valence electrons. The van der Waals surface area contributed by atoms with E-state index in [1.54, 1.807) is 30.3 Å². The number of benzene rings is 1. The molecule has 2 atom stereocenters. The summed E-state index contributed by atoms with van der Waals surface area (Å²) in [6.45, 7) is 3.23. The summed E-state index contributed by atoms with van der Waals surface area (Å²) in [5.41, 5.74) is 0.371. The highest BCUT2D eigenvalue weighted by Gasteiger charge is 2.27. The van der Waals surface area contributed by atoms with Crippen molar-refractivity contribution in [2.24, 2.45) is 5.92 Å². The molecule has 3 N–H and O–H groups in total. The maximum atomic E-state index is 12.3. The van der Waals surface area contributed by atoms with Crippen molar-refractivity contribution in [3.63, 3.8) is 0 Å². The average Bonchev–Trinajstić information content (AvgIpc) is 2.58. The number of rotatable bonds is 8. The van der Waals surface area contributed by atoms with Gasteiger partial charge in [-0.1, -0.05) is 32.0 Å². The lowest BCUT2D eigenvalue weighted by Gasteiger charge is -2.22. The van der Waals surface area contributed by atoms with Gasteiger partial charge in [-0.2, -0.15) is 0 Å². The molecule has 1 rings (SSSR count). The number of carbonyl (C=O) groups excluding carboxylic acids is 3. The molecule has 7 nitrogen and oxygen atoms in total. The molecule has 1 aromatic rings. The Morgan fingerprint density at radius 2 is 1.71 bits per heavy atom. The lowest BCUT2D eigenvalue weighted by molar-refractivity contribution is -0.145. The summed E-state index contributed by atoms with van der Waals surface area (Å²) in [5.74, 6) is -1.54. The standard InChI is InChI=1S/C17H24N2O5/c1-11(2)9-13(17(23)24-3)18-16(22)14(10-20)19-15(21)12-7-5-4-6-8-12/h4-8,11,13-14,20H,9-10H2,1-3H3,(H,18,22)(H,19,21)/t13-,14-/m0/s1. The molecule has 1 aromatic carbocycles. The van der Waals surface area contributed by atoms with Crippen molar-refractivity contribution in [3.8, 4) is 0 Å². The van der Waals surface area contributed by atoms with Crippen LogP contribution in [-0.4, -0.2) is 48.7 Å². The predicted octanol–water partition coefficient (Wildman–Crippen LogP) is 0.481. The van der Waals surface area contributed by atoms with Gasteiger partial charge in [0.1, 0.15) is 12.1 Å². The fraction of sp³-hybridized carbons (Fsp3) is 0.471. The van der Waals surface area contributed by atoms with Crippen LogP contribution in [0.2, 0.25) is 0 Å². The first-order valence-corrected chi connectivity index (χ1v) is 7.74. The van der Waals surface area contributed by atoms with Gasteiger partial charge in [0.25, 0.3) is 5.91 Å². The number of amides is 2. The normalized spacial score (nSPS) is 13.0. The van der Waals surface area contributed by atoms with Crippen LogP contribution in [0, 0.1) is 5.92 Å². The van der Waals surface area contributed by atoms with Gasteiger partial charge >= 0.3 is 5.97 Å². The van der Waals surface area contributed by atoms with Crippen molar-refractivity contribution >= 4 is 17.8 Å². The number of hydrogen-bond acceptors (Lipinski definition) is 5. The first-order valence-electron chi connectivity index (χ1n) is 7.74. The van der Waals surface area contributed by atoms with Crippen molar-refractivity contribution < 1.29 is 24.2 Å². The number of methoxy groups -OCH3 is 1. The van der Waals surface area contributed by atoms with Crippen LogP contribution < -0.4 is 10.6 Å². The maximum absolute atomic E-state index is 12.3. The molecule has 0 aromatic heterocycles. The predicted molar refractivity (Wildman–Crippen MR) is 88.2 cm³/mol. The van der Waals surface area contributed by atoms with Gasteiger partial charge in [0.15, 0.2) is 0 Å². The highest BCUT2D eigenvalue weighted by molar-refractivity contribution is 5.98. The molecule has 7 heteroatoms. The molecule has 0 radical (unpaired) electrons. The lowest BCUT2D eigenvalue weighted by Crippen LogP contribution is -2.53. The molecule has 0 unspecified atom stereocenters. The van der Waals surface area contributed by atoms with Gasteiger partial charge in [-0.05, 0) is 24.5 Å². The Morgan fingerprint density at radius 3 is 2.21 bits per heavy atom. The van der Waals surface area contributed by atoms with E-state index in [-0.39, 0.29) is 5.92 Å². The third-order valence-electron chi connectivity index (χ3n) is 3.35. The van der Waals surface area contributed by atoms with E-state index in [2.05, 4.69) is 15.4 Å². The number of aliphatic hydroxyl groups excluding tert-OH is 1. The Hall–Kier alpha value is -2.41. The third-order valence-corrected chi connectivity index (χ3v) is 3.35. The van der Waals surface area contributed by atoms with Crippen LogP contribution in [0.1, 0.15) is 30.6 Å². The Bertz CT molecular complexity index is 559. The van der Waals surface area contributed by atoms with Crippen LogP contribution in [0.4, 0.5) is 0 Å². The zero-order valence-corrected chi connectivity index (χ0v) is 14.1. The Morgan fingerprint density at radius 1 is 1.08 bits per heavy atom. The molecule has 0 fully saturated rings. The minimum atomic E-state index is -1.16. The summed E-state index contributed by atoms with van der Waals surface area (Å²) < 4.78 is 4.67. The summed E-state index contributed by atoms with van der Waals surface area (Å²) in [6, 6.07) is 6.36. The van der Waals surface area contributed by atoms with Gasteiger partial charge in [-0.25, -0.2) is 4.79 Å². The van der Waals surface area contributed by atoms with E-state index in [0.717, 1.165) is 0 Å². The minimum Gasteiger partial charge on any atom is -0.467 e. The van der Waals surface area contributed by atoms with Gasteiger partial charge in [0.2, 0.25) is 5.91 Å². The second-order valence-corrected chi connectivity index (χ2v) is 5.79. The second kappa shape index (κ2) is 9.67. The van der Waals surface area contributed by atoms with E-state index in [4.69, 9.17) is 0 Å². The minimum absolute atomic E-state index is 0.154. The molecule has 0 saturated carbocycles. The molecular weight excluding hydrogens is 312 g/mol. The number of aliphatic hydroxyl groups is 1. The van der Waals surface area contributed by atoms with E-state index >= 15 is 0 Å². The zero-order chi connectivity index (χ0) is 18.1. The summed E-state index contributed by atoms with van der Waals surface area (Å²) in [6.07, 6.45) is 0.392. The molecule has 0 bridgehead atoms. The van der Waals surface area contributed by atoms with Crippen molar-refractivity contribution in [3.05, 3.63) is 35.9 Å². The first-order chi connectivity index (χ1) is 11.4.